The first-order chi connectivity index (χ1) is 21.3. The average Bonchev–Trinajstić information content (AvgIpc) is 3.61. The lowest BCUT2D eigenvalue weighted by atomic mass is 10.0. The largest absolute Gasteiger partial charge is 0.383 e. The van der Waals surface area contributed by atoms with Gasteiger partial charge in [-0.2, -0.15) is 0 Å². The SMILES string of the molecule is C=CC(=O)N1CCC(N[C@H]2CCc3cc(-n4c(-c5cccnc5N)nc5ccc(N6CCC(F)(F)CC6)nc54)ccc32)CC1. The van der Waals surface area contributed by atoms with E-state index in [1.807, 2.05) is 38.6 Å². The Kier molecular flexibility index (Phi) is 7.28. The molecule has 0 radical (unpaired) electrons. The van der Waals surface area contributed by atoms with Crippen LogP contribution in [0.1, 0.15) is 49.3 Å². The van der Waals surface area contributed by atoms with E-state index in [1.165, 1.54) is 17.2 Å². The summed E-state index contributed by atoms with van der Waals surface area (Å²) in [6.45, 7) is 5.59. The summed E-state index contributed by atoms with van der Waals surface area (Å²) >= 11 is 0. The minimum Gasteiger partial charge on any atom is -0.383 e. The monoisotopic (exact) mass is 598 g/mol. The fourth-order valence-electron chi connectivity index (χ4n) is 6.81. The lowest BCUT2D eigenvalue weighted by Crippen LogP contribution is -2.45. The van der Waals surface area contributed by atoms with Gasteiger partial charge in [-0.3, -0.25) is 9.36 Å². The van der Waals surface area contributed by atoms with Crippen LogP contribution < -0.4 is 16.0 Å². The number of aromatic nitrogens is 4. The maximum Gasteiger partial charge on any atom is 0.251 e. The van der Waals surface area contributed by atoms with Crippen molar-refractivity contribution >= 4 is 28.7 Å². The van der Waals surface area contributed by atoms with Gasteiger partial charge in [0.25, 0.3) is 5.92 Å². The van der Waals surface area contributed by atoms with Crippen LogP contribution in [-0.2, 0) is 11.2 Å². The van der Waals surface area contributed by atoms with Crippen molar-refractivity contribution in [2.75, 3.05) is 36.8 Å². The number of alkyl halides is 2. The summed E-state index contributed by atoms with van der Waals surface area (Å²) in [5, 5.41) is 3.85. The molecule has 2 fully saturated rings. The zero-order valence-electron chi connectivity index (χ0n) is 24.6. The van der Waals surface area contributed by atoms with Crippen molar-refractivity contribution in [2.24, 2.45) is 0 Å². The zero-order chi connectivity index (χ0) is 30.4. The normalized spacial score (nSPS) is 20.2. The predicted molar refractivity (Wildman–Crippen MR) is 167 cm³/mol. The molecule has 3 aromatic heterocycles. The quantitative estimate of drug-likeness (QED) is 0.299. The maximum absolute atomic E-state index is 13.9. The fourth-order valence-corrected chi connectivity index (χ4v) is 6.81. The molecule has 0 bridgehead atoms. The highest BCUT2D eigenvalue weighted by atomic mass is 19.3. The predicted octanol–water partition coefficient (Wildman–Crippen LogP) is 5.05. The third-order valence-corrected chi connectivity index (χ3v) is 9.27. The molecule has 44 heavy (non-hydrogen) atoms. The topological polar surface area (TPSA) is 105 Å². The van der Waals surface area contributed by atoms with Crippen molar-refractivity contribution in [3.05, 3.63) is 72.4 Å². The molecule has 4 aromatic rings. The lowest BCUT2D eigenvalue weighted by molar-refractivity contribution is -0.127. The minimum absolute atomic E-state index is 0.000661. The molecule has 1 aliphatic carbocycles. The molecule has 7 rings (SSSR count). The Bertz CT molecular complexity index is 1720. The highest BCUT2D eigenvalue weighted by molar-refractivity contribution is 5.87. The Morgan fingerprint density at radius 2 is 1.84 bits per heavy atom. The molecular formula is C33H36F2N8O. The number of pyridine rings is 2. The van der Waals surface area contributed by atoms with Crippen molar-refractivity contribution in [1.82, 2.24) is 29.7 Å². The number of imidazole rings is 1. The van der Waals surface area contributed by atoms with Crippen molar-refractivity contribution < 1.29 is 13.6 Å². The summed E-state index contributed by atoms with van der Waals surface area (Å²) in [5.74, 6) is -0.971. The summed E-state index contributed by atoms with van der Waals surface area (Å²) in [6, 6.07) is 14.6. The van der Waals surface area contributed by atoms with E-state index in [2.05, 4.69) is 35.1 Å². The molecule has 3 N–H and O–H groups in total. The number of halogens is 2. The summed E-state index contributed by atoms with van der Waals surface area (Å²) in [4.78, 5) is 30.0. The van der Waals surface area contributed by atoms with E-state index in [0.29, 0.717) is 40.2 Å². The average molecular weight is 599 g/mol. The van der Waals surface area contributed by atoms with Gasteiger partial charge in [0.15, 0.2) is 11.5 Å². The molecule has 1 aromatic carbocycles. The molecule has 0 unspecified atom stereocenters. The second-order valence-electron chi connectivity index (χ2n) is 12.0. The molecule has 2 saturated heterocycles. The molecule has 3 aliphatic rings. The van der Waals surface area contributed by atoms with E-state index in [9.17, 15) is 13.6 Å². The number of benzene rings is 1. The fraction of sp³-hybridized carbons (Fsp3) is 0.394. The molecule has 1 atom stereocenters. The van der Waals surface area contributed by atoms with Gasteiger partial charge >= 0.3 is 0 Å². The number of likely N-dealkylation sites (tertiary alicyclic amines) is 1. The number of piperidine rings is 2. The Balaban J connectivity index is 1.21. The molecule has 0 spiro atoms. The first-order valence-electron chi connectivity index (χ1n) is 15.3. The smallest absolute Gasteiger partial charge is 0.251 e. The molecule has 9 nitrogen and oxygen atoms in total. The van der Waals surface area contributed by atoms with Gasteiger partial charge in [0, 0.05) is 63.0 Å². The van der Waals surface area contributed by atoms with Crippen LogP contribution in [0.2, 0.25) is 0 Å². The van der Waals surface area contributed by atoms with Gasteiger partial charge in [0.1, 0.15) is 17.2 Å². The standard InChI is InChI=1S/C33H36F2N8O/c1-2-29(44)42-16-11-22(12-17-42)38-26-8-5-21-20-23(6-7-24(21)26)43-31(25-4-3-15-37-30(25)36)39-27-9-10-28(40-32(27)43)41-18-13-33(34,35)14-19-41/h2-4,6-7,9-10,15,20,22,26,38H,1,5,8,11-14,16-19H2,(H2,36,37)/t26-/m0/s1. The van der Waals surface area contributed by atoms with E-state index < -0.39 is 5.92 Å². The second-order valence-corrected chi connectivity index (χ2v) is 12.0. The lowest BCUT2D eigenvalue weighted by Gasteiger charge is -2.33. The van der Waals surface area contributed by atoms with E-state index >= 15 is 0 Å². The third kappa shape index (κ3) is 5.29. The molecular weight excluding hydrogens is 562 g/mol. The van der Waals surface area contributed by atoms with Crippen molar-refractivity contribution in [3.8, 4) is 17.1 Å². The molecule has 5 heterocycles. The van der Waals surface area contributed by atoms with Gasteiger partial charge in [-0.05, 0) is 79.3 Å². The van der Waals surface area contributed by atoms with Gasteiger partial charge in [-0.25, -0.2) is 23.7 Å². The molecule has 0 saturated carbocycles. The number of amides is 1. The van der Waals surface area contributed by atoms with Crippen LogP contribution in [0.15, 0.2) is 61.3 Å². The number of nitrogens with zero attached hydrogens (tertiary/aromatic N) is 6. The minimum atomic E-state index is -2.63. The van der Waals surface area contributed by atoms with Crippen LogP contribution in [-0.4, -0.2) is 68.5 Å². The van der Waals surface area contributed by atoms with Crippen LogP contribution >= 0.6 is 0 Å². The molecule has 11 heteroatoms. The number of carbonyl (C=O) groups is 1. The van der Waals surface area contributed by atoms with E-state index in [-0.39, 0.29) is 37.9 Å². The summed E-state index contributed by atoms with van der Waals surface area (Å²) in [7, 11) is 0. The van der Waals surface area contributed by atoms with E-state index in [4.69, 9.17) is 15.7 Å². The van der Waals surface area contributed by atoms with Gasteiger partial charge in [0.05, 0.1) is 5.56 Å². The number of aryl methyl sites for hydroxylation is 1. The summed E-state index contributed by atoms with van der Waals surface area (Å²) < 4.78 is 29.8. The number of carbonyl (C=O) groups excluding carboxylic acids is 1. The number of hydrogen-bond donors (Lipinski definition) is 2. The second kappa shape index (κ2) is 11.3. The molecule has 1 amide bonds. The Labute approximate surface area is 254 Å². The van der Waals surface area contributed by atoms with Gasteiger partial charge < -0.3 is 20.9 Å². The number of nitrogens with two attached hydrogens (primary N) is 1. The van der Waals surface area contributed by atoms with Crippen LogP contribution in [0, 0.1) is 0 Å². The summed E-state index contributed by atoms with van der Waals surface area (Å²) in [6.07, 6.45) is 6.45. The Hall–Kier alpha value is -4.38. The highest BCUT2D eigenvalue weighted by Crippen LogP contribution is 2.37. The Morgan fingerprint density at radius 1 is 1.05 bits per heavy atom. The van der Waals surface area contributed by atoms with Crippen LogP contribution in [0.4, 0.5) is 20.4 Å². The Morgan fingerprint density at radius 3 is 2.59 bits per heavy atom. The van der Waals surface area contributed by atoms with Crippen molar-refractivity contribution in [1.29, 1.82) is 0 Å². The first-order valence-corrected chi connectivity index (χ1v) is 15.3. The van der Waals surface area contributed by atoms with Crippen LogP contribution in [0.5, 0.6) is 0 Å². The number of nitrogens with one attached hydrogen (secondary N) is 1. The molecule has 228 valence electrons. The third-order valence-electron chi connectivity index (χ3n) is 9.27. The van der Waals surface area contributed by atoms with E-state index in [0.717, 1.165) is 44.5 Å². The van der Waals surface area contributed by atoms with Gasteiger partial charge in [-0.1, -0.05) is 12.6 Å². The number of nitrogen functional groups attached to an aromatic ring is 1. The van der Waals surface area contributed by atoms with Crippen molar-refractivity contribution in [3.63, 3.8) is 0 Å². The van der Waals surface area contributed by atoms with Gasteiger partial charge in [0.2, 0.25) is 5.91 Å². The molecule has 2 aliphatic heterocycles. The number of anilines is 2. The zero-order valence-corrected chi connectivity index (χ0v) is 24.6. The van der Waals surface area contributed by atoms with Crippen molar-refractivity contribution in [2.45, 2.75) is 56.5 Å². The maximum atomic E-state index is 13.9. The summed E-state index contributed by atoms with van der Waals surface area (Å²) in [5.41, 5.74) is 11.8. The van der Waals surface area contributed by atoms with Crippen LogP contribution in [0.3, 0.4) is 0 Å². The van der Waals surface area contributed by atoms with Crippen LogP contribution in [0.25, 0.3) is 28.2 Å². The number of hydrogen-bond acceptors (Lipinski definition) is 7. The number of rotatable bonds is 6. The first kappa shape index (κ1) is 28.4. The van der Waals surface area contributed by atoms with E-state index in [1.54, 1.807) is 6.20 Å². The highest BCUT2D eigenvalue weighted by Gasteiger charge is 2.35. The number of fused-ring (bicyclic) bond motifs is 2. The van der Waals surface area contributed by atoms with Gasteiger partial charge in [-0.15, -0.1) is 0 Å².